The van der Waals surface area contributed by atoms with Crippen molar-refractivity contribution in [2.45, 2.75) is 25.5 Å². The van der Waals surface area contributed by atoms with Crippen LogP contribution in [0.3, 0.4) is 0 Å². The van der Waals surface area contributed by atoms with Crippen molar-refractivity contribution >= 4 is 18.0 Å². The smallest absolute Gasteiger partial charge is 0.0243 e. The molecule has 1 aliphatic carbocycles. The van der Waals surface area contributed by atoms with Gasteiger partial charge in [0, 0.05) is 20.2 Å². The minimum atomic E-state index is -2.74. The Kier molecular flexibility index (Phi) is 3.32. The van der Waals surface area contributed by atoms with Crippen LogP contribution in [0.2, 0.25) is 0 Å². The third-order valence-corrected chi connectivity index (χ3v) is 4.17. The summed E-state index contributed by atoms with van der Waals surface area (Å²) in [6, 6.07) is 14.1. The largest absolute Gasteiger partial charge is 0.309 e. The second kappa shape index (κ2) is 6.90. The number of nitrogens with zero attached hydrogens (tertiary/aromatic N) is 1. The molecule has 0 saturated heterocycles. The van der Waals surface area contributed by atoms with E-state index in [9.17, 15) is 0 Å². The fourth-order valence-electron chi connectivity index (χ4n) is 3.07. The van der Waals surface area contributed by atoms with E-state index in [4.69, 9.17) is 8.22 Å². The molecule has 0 spiro atoms. The highest BCUT2D eigenvalue weighted by Gasteiger charge is 2.33. The van der Waals surface area contributed by atoms with Crippen molar-refractivity contribution < 1.29 is 8.22 Å². The number of benzene rings is 2. The van der Waals surface area contributed by atoms with Crippen LogP contribution >= 0.6 is 12.4 Å². The second-order valence-corrected chi connectivity index (χ2v) is 6.05. The summed E-state index contributed by atoms with van der Waals surface area (Å²) in [7, 11) is 3.99. The van der Waals surface area contributed by atoms with Crippen LogP contribution in [0.15, 0.2) is 54.6 Å². The van der Waals surface area contributed by atoms with Crippen molar-refractivity contribution in [2.75, 3.05) is 20.6 Å². The zero-order valence-corrected chi connectivity index (χ0v) is 14.3. The van der Waals surface area contributed by atoms with Gasteiger partial charge in [0.2, 0.25) is 0 Å². The van der Waals surface area contributed by atoms with Gasteiger partial charge in [0.25, 0.3) is 0 Å². The first-order valence-corrected chi connectivity index (χ1v) is 7.56. The van der Waals surface area contributed by atoms with Gasteiger partial charge in [-0.15, -0.1) is 12.4 Å². The lowest BCUT2D eigenvalue weighted by atomic mass is 9.67. The third-order valence-electron chi connectivity index (χ3n) is 4.17. The van der Waals surface area contributed by atoms with Gasteiger partial charge in [-0.3, -0.25) is 0 Å². The third kappa shape index (κ3) is 3.22. The Morgan fingerprint density at radius 3 is 1.96 bits per heavy atom. The van der Waals surface area contributed by atoms with E-state index in [1.54, 1.807) is 24.3 Å². The Morgan fingerprint density at radius 1 is 0.957 bits per heavy atom. The standard InChI is InChI=1S/C21H25N.ClH/c1-21(2)19-13-7-5-10-17(19)16(12-9-15-22(3)4)18-11-6-8-14-20(18)21;/h5-8,10-14H,9,15H2,1-4H3;1H/i1D3,2D3;. The molecule has 122 valence electrons. The van der Waals surface area contributed by atoms with E-state index in [0.29, 0.717) is 22.3 Å². The van der Waals surface area contributed by atoms with E-state index < -0.39 is 19.1 Å². The summed E-state index contributed by atoms with van der Waals surface area (Å²) in [4.78, 5) is 2.08. The van der Waals surface area contributed by atoms with Gasteiger partial charge in [-0.25, -0.2) is 0 Å². The summed E-state index contributed by atoms with van der Waals surface area (Å²) >= 11 is 0. The average Bonchev–Trinajstić information content (AvgIpc) is 2.58. The number of hydrogen-bond donors (Lipinski definition) is 0. The first-order chi connectivity index (χ1) is 13.0. The van der Waals surface area contributed by atoms with Crippen molar-refractivity contribution in [1.82, 2.24) is 4.90 Å². The minimum absolute atomic E-state index is 0. The van der Waals surface area contributed by atoms with Crippen LogP contribution < -0.4 is 0 Å². The molecule has 2 aromatic carbocycles. The van der Waals surface area contributed by atoms with Crippen molar-refractivity contribution in [3.8, 4) is 0 Å². The van der Waals surface area contributed by atoms with E-state index in [2.05, 4.69) is 11.0 Å². The number of fused-ring (bicyclic) bond motifs is 2. The van der Waals surface area contributed by atoms with Gasteiger partial charge in [0.1, 0.15) is 0 Å². The fourth-order valence-corrected chi connectivity index (χ4v) is 3.07. The lowest BCUT2D eigenvalue weighted by molar-refractivity contribution is 0.417. The Balaban J connectivity index is 0.00000300. The molecule has 0 unspecified atom stereocenters. The highest BCUT2D eigenvalue weighted by molar-refractivity contribution is 5.87. The number of halogens is 1. The molecule has 0 saturated carbocycles. The summed E-state index contributed by atoms with van der Waals surface area (Å²) in [6.45, 7) is -4.63. The summed E-state index contributed by atoms with van der Waals surface area (Å²) in [5, 5.41) is 0. The van der Waals surface area contributed by atoms with E-state index in [1.807, 2.05) is 38.4 Å². The minimum Gasteiger partial charge on any atom is -0.309 e. The highest BCUT2D eigenvalue weighted by Crippen LogP contribution is 2.46. The maximum Gasteiger partial charge on any atom is 0.0243 e. The van der Waals surface area contributed by atoms with Crippen molar-refractivity contribution in [3.05, 3.63) is 76.9 Å². The Labute approximate surface area is 154 Å². The van der Waals surface area contributed by atoms with Gasteiger partial charge in [-0.2, -0.15) is 0 Å². The van der Waals surface area contributed by atoms with E-state index in [-0.39, 0.29) is 12.4 Å². The molecular formula is C21H26ClN. The van der Waals surface area contributed by atoms with Gasteiger partial charge in [-0.05, 0) is 48.3 Å². The zero-order valence-electron chi connectivity index (χ0n) is 19.5. The first-order valence-electron chi connectivity index (χ1n) is 10.6. The molecule has 1 aliphatic rings. The maximum atomic E-state index is 8.30. The predicted molar refractivity (Wildman–Crippen MR) is 103 cm³/mol. The average molecular weight is 334 g/mol. The van der Waals surface area contributed by atoms with Crippen LogP contribution in [0.4, 0.5) is 0 Å². The van der Waals surface area contributed by atoms with Crippen molar-refractivity contribution in [1.29, 1.82) is 0 Å². The predicted octanol–water partition coefficient (Wildman–Crippen LogP) is 5.13. The van der Waals surface area contributed by atoms with Crippen LogP contribution in [0, 0.1) is 0 Å². The molecular weight excluding hydrogens is 302 g/mol. The normalized spacial score (nSPS) is 19.7. The Morgan fingerprint density at radius 2 is 1.48 bits per heavy atom. The first kappa shape index (κ1) is 11.1. The van der Waals surface area contributed by atoms with E-state index in [0.717, 1.165) is 18.5 Å². The molecule has 0 amide bonds. The lowest BCUT2D eigenvalue weighted by Gasteiger charge is -2.36. The van der Waals surface area contributed by atoms with Gasteiger partial charge in [-0.1, -0.05) is 68.3 Å². The van der Waals surface area contributed by atoms with Gasteiger partial charge in [0.15, 0.2) is 0 Å². The Bertz CT molecular complexity index is 833. The fraction of sp³-hybridized carbons (Fsp3) is 0.333. The van der Waals surface area contributed by atoms with Crippen LogP contribution in [0.25, 0.3) is 5.57 Å². The molecule has 0 heterocycles. The molecule has 0 N–H and O–H groups in total. The topological polar surface area (TPSA) is 3.24 Å². The molecule has 2 heteroatoms. The maximum absolute atomic E-state index is 8.30. The molecule has 23 heavy (non-hydrogen) atoms. The summed E-state index contributed by atoms with van der Waals surface area (Å²) in [5.74, 6) is 0. The molecule has 0 aliphatic heterocycles. The Hall–Kier alpha value is -1.57. The van der Waals surface area contributed by atoms with E-state index in [1.165, 1.54) is 0 Å². The van der Waals surface area contributed by atoms with Crippen molar-refractivity contribution in [2.24, 2.45) is 0 Å². The highest BCUT2D eigenvalue weighted by atomic mass is 35.5. The monoisotopic (exact) mass is 333 g/mol. The molecule has 0 fully saturated rings. The SMILES string of the molecule is Cl.[2H]C([2H])([2H])C1(C([2H])([2H])[2H])c2ccccc2C(=CCCN(C)C)c2ccccc21. The molecule has 0 aromatic heterocycles. The molecule has 0 bridgehead atoms. The summed E-state index contributed by atoms with van der Waals surface area (Å²) in [6.07, 6.45) is 2.86. The van der Waals surface area contributed by atoms with Gasteiger partial charge < -0.3 is 4.90 Å². The van der Waals surface area contributed by atoms with Crippen LogP contribution in [-0.2, 0) is 5.41 Å². The van der Waals surface area contributed by atoms with Crippen LogP contribution in [0.5, 0.6) is 0 Å². The second-order valence-electron chi connectivity index (χ2n) is 6.05. The van der Waals surface area contributed by atoms with Gasteiger partial charge in [0.05, 0.1) is 0 Å². The molecule has 0 atom stereocenters. The summed E-state index contributed by atoms with van der Waals surface area (Å²) in [5.41, 5.74) is 0.915. The molecule has 2 aromatic rings. The van der Waals surface area contributed by atoms with Crippen molar-refractivity contribution in [3.63, 3.8) is 0 Å². The number of rotatable bonds is 3. The van der Waals surface area contributed by atoms with Gasteiger partial charge >= 0.3 is 0 Å². The molecule has 3 rings (SSSR count). The zero-order chi connectivity index (χ0) is 20.7. The quantitative estimate of drug-likeness (QED) is 0.752. The summed E-state index contributed by atoms with van der Waals surface area (Å²) < 4.78 is 49.8. The number of hydrogen-bond acceptors (Lipinski definition) is 1. The molecule has 0 radical (unpaired) electrons. The van der Waals surface area contributed by atoms with Crippen LogP contribution in [-0.4, -0.2) is 25.5 Å². The van der Waals surface area contributed by atoms with E-state index >= 15 is 0 Å². The lowest BCUT2D eigenvalue weighted by Crippen LogP contribution is -2.26. The van der Waals surface area contributed by atoms with Crippen LogP contribution in [0.1, 0.15) is 50.6 Å². The molecule has 1 nitrogen and oxygen atoms in total.